The lowest BCUT2D eigenvalue weighted by Gasteiger charge is -2.37. The number of ether oxygens (including phenoxy) is 4. The molecular weight excluding hydrogens is 252 g/mol. The highest BCUT2D eigenvalue weighted by Crippen LogP contribution is 2.42. The fourth-order valence-electron chi connectivity index (χ4n) is 3.02. The minimum Gasteiger partial charge on any atom is -0.468 e. The molecule has 6 heteroatoms. The maximum absolute atomic E-state index is 11.8. The Bertz CT molecular complexity index is 331. The van der Waals surface area contributed by atoms with Gasteiger partial charge in [0.15, 0.2) is 11.7 Å². The minimum atomic E-state index is -0.889. The van der Waals surface area contributed by atoms with E-state index in [-0.39, 0.29) is 5.92 Å². The van der Waals surface area contributed by atoms with Crippen molar-refractivity contribution in [2.75, 3.05) is 27.4 Å². The lowest BCUT2D eigenvalue weighted by molar-refractivity contribution is -0.196. The van der Waals surface area contributed by atoms with Crippen LogP contribution in [0.3, 0.4) is 0 Å². The van der Waals surface area contributed by atoms with Gasteiger partial charge in [0.2, 0.25) is 0 Å². The summed E-state index contributed by atoms with van der Waals surface area (Å²) in [6.45, 7) is 1.13. The number of methoxy groups -OCH3 is 2. The van der Waals surface area contributed by atoms with Crippen LogP contribution in [0, 0.1) is 11.8 Å². The van der Waals surface area contributed by atoms with E-state index in [1.165, 1.54) is 14.2 Å². The average Bonchev–Trinajstić information content (AvgIpc) is 2.86. The maximum atomic E-state index is 11.8. The van der Waals surface area contributed by atoms with Crippen LogP contribution in [0.4, 0.5) is 0 Å². The second kappa shape index (κ2) is 5.88. The Hall–Kier alpha value is -1.14. The second-order valence-electron chi connectivity index (χ2n) is 4.99. The molecule has 1 spiro atoms. The van der Waals surface area contributed by atoms with Gasteiger partial charge in [0.05, 0.1) is 27.4 Å². The predicted octanol–water partition coefficient (Wildman–Crippen LogP) is 0.882. The van der Waals surface area contributed by atoms with Gasteiger partial charge >= 0.3 is 11.9 Å². The molecule has 0 radical (unpaired) electrons. The molecule has 0 aromatic rings. The highest BCUT2D eigenvalue weighted by atomic mass is 16.7. The van der Waals surface area contributed by atoms with Crippen molar-refractivity contribution in [1.29, 1.82) is 0 Å². The Kier molecular flexibility index (Phi) is 4.42. The lowest BCUT2D eigenvalue weighted by Crippen LogP contribution is -2.43. The topological polar surface area (TPSA) is 71.1 Å². The van der Waals surface area contributed by atoms with Crippen LogP contribution in [-0.4, -0.2) is 45.2 Å². The van der Waals surface area contributed by atoms with Crippen molar-refractivity contribution in [3.8, 4) is 0 Å². The first-order chi connectivity index (χ1) is 9.12. The van der Waals surface area contributed by atoms with E-state index in [0.29, 0.717) is 19.6 Å². The van der Waals surface area contributed by atoms with Crippen LogP contribution in [0.1, 0.15) is 25.7 Å². The van der Waals surface area contributed by atoms with Crippen LogP contribution in [0.25, 0.3) is 0 Å². The van der Waals surface area contributed by atoms with Crippen molar-refractivity contribution in [3.63, 3.8) is 0 Å². The van der Waals surface area contributed by atoms with Gasteiger partial charge in [-0.25, -0.2) is 0 Å². The highest BCUT2D eigenvalue weighted by Gasteiger charge is 2.47. The summed E-state index contributed by atoms with van der Waals surface area (Å²) >= 11 is 0. The third-order valence-corrected chi connectivity index (χ3v) is 3.90. The van der Waals surface area contributed by atoms with Crippen molar-refractivity contribution < 1.29 is 28.5 Å². The average molecular weight is 272 g/mol. The number of rotatable bonds is 3. The van der Waals surface area contributed by atoms with Crippen molar-refractivity contribution >= 4 is 11.9 Å². The predicted molar refractivity (Wildman–Crippen MR) is 64.1 cm³/mol. The Morgan fingerprint density at radius 2 is 1.74 bits per heavy atom. The van der Waals surface area contributed by atoms with Gasteiger partial charge in [-0.2, -0.15) is 0 Å². The second-order valence-corrected chi connectivity index (χ2v) is 4.99. The molecule has 6 nitrogen and oxygen atoms in total. The molecule has 1 saturated carbocycles. The Morgan fingerprint density at radius 1 is 1.16 bits per heavy atom. The molecule has 0 aromatic heterocycles. The molecule has 2 fully saturated rings. The van der Waals surface area contributed by atoms with Gasteiger partial charge in [-0.15, -0.1) is 0 Å². The zero-order chi connectivity index (χ0) is 13.9. The Labute approximate surface area is 112 Å². The van der Waals surface area contributed by atoms with E-state index >= 15 is 0 Å². The molecule has 0 amide bonds. The van der Waals surface area contributed by atoms with Crippen molar-refractivity contribution in [2.24, 2.45) is 11.8 Å². The van der Waals surface area contributed by atoms with Crippen LogP contribution in [0.5, 0.6) is 0 Å². The summed E-state index contributed by atoms with van der Waals surface area (Å²) in [6, 6.07) is 0. The molecule has 2 aliphatic rings. The first-order valence-electron chi connectivity index (χ1n) is 6.55. The SMILES string of the molecule is COC(=O)C(C(=O)OC)[C@@H]1CCCC2(C1)OCCO2. The summed E-state index contributed by atoms with van der Waals surface area (Å²) in [5.74, 6) is -2.77. The molecule has 1 aliphatic carbocycles. The zero-order valence-electron chi connectivity index (χ0n) is 11.3. The van der Waals surface area contributed by atoms with E-state index < -0.39 is 23.6 Å². The summed E-state index contributed by atoms with van der Waals surface area (Å²) in [5, 5.41) is 0. The summed E-state index contributed by atoms with van der Waals surface area (Å²) in [7, 11) is 2.55. The van der Waals surface area contributed by atoms with Gasteiger partial charge in [0, 0.05) is 12.8 Å². The van der Waals surface area contributed by atoms with E-state index in [1.807, 2.05) is 0 Å². The van der Waals surface area contributed by atoms with Gasteiger partial charge < -0.3 is 18.9 Å². The molecule has 0 unspecified atom stereocenters. The van der Waals surface area contributed by atoms with Gasteiger partial charge in [0.1, 0.15) is 0 Å². The van der Waals surface area contributed by atoms with Crippen molar-refractivity contribution in [1.82, 2.24) is 0 Å². The molecule has 1 saturated heterocycles. The van der Waals surface area contributed by atoms with E-state index in [1.54, 1.807) is 0 Å². The number of hydrogen-bond donors (Lipinski definition) is 0. The third-order valence-electron chi connectivity index (χ3n) is 3.90. The number of carbonyl (C=O) groups is 2. The molecule has 1 aliphatic heterocycles. The molecule has 2 rings (SSSR count). The molecular formula is C13H20O6. The van der Waals surface area contributed by atoms with E-state index in [9.17, 15) is 9.59 Å². The van der Waals surface area contributed by atoms with Crippen LogP contribution in [0.2, 0.25) is 0 Å². The van der Waals surface area contributed by atoms with Crippen LogP contribution < -0.4 is 0 Å². The van der Waals surface area contributed by atoms with Crippen molar-refractivity contribution in [3.05, 3.63) is 0 Å². The zero-order valence-corrected chi connectivity index (χ0v) is 11.3. The molecule has 1 atom stereocenters. The number of hydrogen-bond acceptors (Lipinski definition) is 6. The summed E-state index contributed by atoms with van der Waals surface area (Å²) < 4.78 is 20.8. The summed E-state index contributed by atoms with van der Waals surface area (Å²) in [5.41, 5.74) is 0. The van der Waals surface area contributed by atoms with Gasteiger partial charge in [-0.1, -0.05) is 0 Å². The largest absolute Gasteiger partial charge is 0.468 e. The quantitative estimate of drug-likeness (QED) is 0.561. The van der Waals surface area contributed by atoms with Crippen molar-refractivity contribution in [2.45, 2.75) is 31.5 Å². The lowest BCUT2D eigenvalue weighted by atomic mass is 9.77. The molecule has 0 aromatic carbocycles. The Morgan fingerprint density at radius 3 is 2.26 bits per heavy atom. The fourth-order valence-corrected chi connectivity index (χ4v) is 3.02. The smallest absolute Gasteiger partial charge is 0.320 e. The first-order valence-corrected chi connectivity index (χ1v) is 6.55. The monoisotopic (exact) mass is 272 g/mol. The Balaban J connectivity index is 2.12. The van der Waals surface area contributed by atoms with Crippen LogP contribution in [-0.2, 0) is 28.5 Å². The molecule has 108 valence electrons. The molecule has 1 heterocycles. The van der Waals surface area contributed by atoms with Crippen LogP contribution >= 0.6 is 0 Å². The van der Waals surface area contributed by atoms with E-state index in [2.05, 4.69) is 0 Å². The van der Waals surface area contributed by atoms with Gasteiger partial charge in [0.25, 0.3) is 0 Å². The third kappa shape index (κ3) is 2.90. The fraction of sp³-hybridized carbons (Fsp3) is 0.846. The van der Waals surface area contributed by atoms with Gasteiger partial charge in [-0.3, -0.25) is 9.59 Å². The minimum absolute atomic E-state index is 0.160. The summed E-state index contributed by atoms with van der Waals surface area (Å²) in [4.78, 5) is 23.6. The van der Waals surface area contributed by atoms with Crippen LogP contribution in [0.15, 0.2) is 0 Å². The first kappa shape index (κ1) is 14.3. The molecule has 0 bridgehead atoms. The normalized spacial score (nSPS) is 25.5. The van der Waals surface area contributed by atoms with Gasteiger partial charge in [-0.05, 0) is 18.8 Å². The molecule has 19 heavy (non-hydrogen) atoms. The number of carbonyl (C=O) groups excluding carboxylic acids is 2. The maximum Gasteiger partial charge on any atom is 0.320 e. The number of esters is 2. The standard InChI is InChI=1S/C13H20O6/c1-16-11(14)10(12(15)17-2)9-4-3-5-13(8-9)18-6-7-19-13/h9-10H,3-8H2,1-2H3/t9-/m1/s1. The van der Waals surface area contributed by atoms with E-state index in [0.717, 1.165) is 19.3 Å². The molecule has 0 N–H and O–H groups in total. The highest BCUT2D eigenvalue weighted by molar-refractivity contribution is 5.95. The summed E-state index contributed by atoms with van der Waals surface area (Å²) in [6.07, 6.45) is 2.96. The van der Waals surface area contributed by atoms with E-state index in [4.69, 9.17) is 18.9 Å².